The summed E-state index contributed by atoms with van der Waals surface area (Å²) in [5.41, 5.74) is 4.04. The van der Waals surface area contributed by atoms with Gasteiger partial charge in [0.2, 0.25) is 0 Å². The van der Waals surface area contributed by atoms with Crippen LogP contribution in [0.1, 0.15) is 45.5 Å². The molecule has 0 atom stereocenters. The van der Waals surface area contributed by atoms with Crippen LogP contribution >= 0.6 is 0 Å². The fraction of sp³-hybridized carbons (Fsp3) is 0.261. The number of carbonyl (C=O) groups excluding carboxylic acids is 1. The van der Waals surface area contributed by atoms with Gasteiger partial charge in [0.25, 0.3) is 5.91 Å². The number of benzene rings is 2. The predicted molar refractivity (Wildman–Crippen MR) is 113 cm³/mol. The zero-order valence-electron chi connectivity index (χ0n) is 16.6. The molecule has 0 saturated carbocycles. The Hall–Kier alpha value is -2.86. The van der Waals surface area contributed by atoms with Gasteiger partial charge in [0.1, 0.15) is 11.5 Å². The lowest BCUT2D eigenvalue weighted by Gasteiger charge is -2.05. The molecule has 152 valence electrons. The monoisotopic (exact) mass is 411 g/mol. The Morgan fingerprint density at radius 1 is 0.862 bits per heavy atom. The number of hydrogen-bond acceptors (Lipinski definition) is 4. The number of amides is 1. The van der Waals surface area contributed by atoms with E-state index in [1.54, 1.807) is 12.1 Å². The van der Waals surface area contributed by atoms with Gasteiger partial charge in [-0.2, -0.15) is 0 Å². The van der Waals surface area contributed by atoms with Crippen molar-refractivity contribution in [3.63, 3.8) is 0 Å². The summed E-state index contributed by atoms with van der Waals surface area (Å²) >= 11 is 0. The highest BCUT2D eigenvalue weighted by Crippen LogP contribution is 2.16. The van der Waals surface area contributed by atoms with Gasteiger partial charge in [-0.25, -0.2) is 8.42 Å². The van der Waals surface area contributed by atoms with Crippen LogP contribution < -0.4 is 5.32 Å². The second kappa shape index (κ2) is 9.09. The van der Waals surface area contributed by atoms with Crippen molar-refractivity contribution in [2.45, 2.75) is 38.3 Å². The Bertz CT molecular complexity index is 1060. The van der Waals surface area contributed by atoms with Crippen LogP contribution in [0.2, 0.25) is 0 Å². The number of furan rings is 1. The van der Waals surface area contributed by atoms with Crippen molar-refractivity contribution in [1.82, 2.24) is 5.32 Å². The van der Waals surface area contributed by atoms with E-state index < -0.39 is 9.84 Å². The fourth-order valence-electron chi connectivity index (χ4n) is 2.95. The molecule has 3 rings (SSSR count). The number of rotatable bonds is 8. The predicted octanol–water partition coefficient (Wildman–Crippen LogP) is 4.20. The van der Waals surface area contributed by atoms with Crippen molar-refractivity contribution < 1.29 is 17.6 Å². The summed E-state index contributed by atoms with van der Waals surface area (Å²) in [7, 11) is -3.40. The molecule has 0 radical (unpaired) electrons. The van der Waals surface area contributed by atoms with Crippen LogP contribution in [0.5, 0.6) is 0 Å². The van der Waals surface area contributed by atoms with Gasteiger partial charge < -0.3 is 9.73 Å². The third-order valence-electron chi connectivity index (χ3n) is 4.64. The van der Waals surface area contributed by atoms with E-state index in [9.17, 15) is 13.2 Å². The minimum Gasteiger partial charge on any atom is -0.455 e. The van der Waals surface area contributed by atoms with Crippen LogP contribution in [0.25, 0.3) is 0 Å². The van der Waals surface area contributed by atoms with E-state index in [4.69, 9.17) is 4.42 Å². The maximum atomic E-state index is 12.4. The Labute approximate surface area is 171 Å². The average Bonchev–Trinajstić information content (AvgIpc) is 3.16. The summed E-state index contributed by atoms with van der Waals surface area (Å²) in [6.45, 7) is 4.42. The molecule has 3 aromatic rings. The lowest BCUT2D eigenvalue weighted by molar-refractivity contribution is 0.0921. The largest absolute Gasteiger partial charge is 0.455 e. The topological polar surface area (TPSA) is 76.4 Å². The van der Waals surface area contributed by atoms with Crippen molar-refractivity contribution in [2.75, 3.05) is 0 Å². The molecule has 0 bridgehead atoms. The number of nitrogens with one attached hydrogen (secondary N) is 1. The normalized spacial score (nSPS) is 11.4. The third kappa shape index (κ3) is 6.06. The second-order valence-electron chi connectivity index (χ2n) is 7.14. The molecular formula is C23H25NO4S. The summed E-state index contributed by atoms with van der Waals surface area (Å²) in [4.78, 5) is 12.3. The first-order chi connectivity index (χ1) is 13.8. The minimum absolute atomic E-state index is 0.0662. The number of hydrogen-bond donors (Lipinski definition) is 1. The van der Waals surface area contributed by atoms with Crippen molar-refractivity contribution >= 4 is 15.7 Å². The number of carbonyl (C=O) groups is 1. The molecule has 1 aromatic heterocycles. The van der Waals surface area contributed by atoms with Crippen molar-refractivity contribution in [3.05, 3.63) is 94.4 Å². The molecule has 0 aliphatic carbocycles. The Morgan fingerprint density at radius 3 is 2.14 bits per heavy atom. The van der Waals surface area contributed by atoms with Crippen molar-refractivity contribution in [3.8, 4) is 0 Å². The van der Waals surface area contributed by atoms with Crippen LogP contribution in [-0.2, 0) is 34.3 Å². The van der Waals surface area contributed by atoms with Gasteiger partial charge in [-0.05, 0) is 42.2 Å². The third-order valence-corrected chi connectivity index (χ3v) is 6.14. The molecule has 6 heteroatoms. The average molecular weight is 412 g/mol. The number of aryl methyl sites for hydroxylation is 2. The fourth-order valence-corrected chi connectivity index (χ4v) is 4.34. The molecule has 0 fully saturated rings. The quantitative estimate of drug-likeness (QED) is 0.603. The van der Waals surface area contributed by atoms with E-state index >= 15 is 0 Å². The molecule has 1 N–H and O–H groups in total. The van der Waals surface area contributed by atoms with Crippen LogP contribution in [0.3, 0.4) is 0 Å². The van der Waals surface area contributed by atoms with Gasteiger partial charge in [0.05, 0.1) is 5.75 Å². The minimum atomic E-state index is -3.40. The lowest BCUT2D eigenvalue weighted by atomic mass is 10.1. The first-order valence-corrected chi connectivity index (χ1v) is 11.4. The first-order valence-electron chi connectivity index (χ1n) is 9.55. The highest BCUT2D eigenvalue weighted by Gasteiger charge is 2.18. The van der Waals surface area contributed by atoms with Gasteiger partial charge in [0, 0.05) is 6.54 Å². The van der Waals surface area contributed by atoms with Crippen LogP contribution in [0.4, 0.5) is 0 Å². The van der Waals surface area contributed by atoms with E-state index in [-0.39, 0.29) is 28.9 Å². The highest BCUT2D eigenvalue weighted by molar-refractivity contribution is 7.89. The number of sulfone groups is 1. The molecular weight excluding hydrogens is 386 g/mol. The SMILES string of the molecule is CCc1ccc(CNC(=O)c2ccc(CS(=O)(=O)Cc3ccc(C)cc3)o2)cc1. The van der Waals surface area contributed by atoms with Crippen molar-refractivity contribution in [2.24, 2.45) is 0 Å². The van der Waals surface area contributed by atoms with E-state index in [0.29, 0.717) is 6.54 Å². The Kier molecular flexibility index (Phi) is 6.54. The van der Waals surface area contributed by atoms with E-state index in [1.807, 2.05) is 43.3 Å². The molecule has 0 aliphatic rings. The highest BCUT2D eigenvalue weighted by atomic mass is 32.2. The zero-order chi connectivity index (χ0) is 20.9. The summed E-state index contributed by atoms with van der Waals surface area (Å²) < 4.78 is 30.3. The maximum Gasteiger partial charge on any atom is 0.287 e. The molecule has 0 saturated heterocycles. The molecule has 5 nitrogen and oxygen atoms in total. The molecule has 2 aromatic carbocycles. The summed E-state index contributed by atoms with van der Waals surface area (Å²) in [6.07, 6.45) is 0.967. The van der Waals surface area contributed by atoms with Crippen LogP contribution in [-0.4, -0.2) is 14.3 Å². The molecule has 0 unspecified atom stereocenters. The second-order valence-corrected chi connectivity index (χ2v) is 9.20. The zero-order valence-corrected chi connectivity index (χ0v) is 17.5. The van der Waals surface area contributed by atoms with E-state index in [0.717, 1.165) is 23.1 Å². The Morgan fingerprint density at radius 2 is 1.48 bits per heavy atom. The molecule has 0 aliphatic heterocycles. The molecule has 1 amide bonds. The van der Waals surface area contributed by atoms with Crippen molar-refractivity contribution in [1.29, 1.82) is 0 Å². The van der Waals surface area contributed by atoms with E-state index in [2.05, 4.69) is 12.2 Å². The Balaban J connectivity index is 1.57. The summed E-state index contributed by atoms with van der Waals surface area (Å²) in [5.74, 6) is -0.312. The van der Waals surface area contributed by atoms with Crippen LogP contribution in [0, 0.1) is 6.92 Å². The maximum absolute atomic E-state index is 12.4. The van der Waals surface area contributed by atoms with E-state index in [1.165, 1.54) is 17.7 Å². The summed E-state index contributed by atoms with van der Waals surface area (Å²) in [6, 6.07) is 18.4. The van der Waals surface area contributed by atoms with Gasteiger partial charge >= 0.3 is 0 Å². The van der Waals surface area contributed by atoms with Gasteiger partial charge in [0.15, 0.2) is 15.6 Å². The standard InChI is InChI=1S/C23H25NO4S/c1-3-18-8-10-19(11-9-18)14-24-23(25)22-13-12-21(28-22)16-29(26,27)15-20-6-4-17(2)5-7-20/h4-13H,3,14-16H2,1-2H3,(H,24,25). The van der Waals surface area contributed by atoms with Gasteiger partial charge in [-0.15, -0.1) is 0 Å². The summed E-state index contributed by atoms with van der Waals surface area (Å²) in [5, 5.41) is 2.79. The smallest absolute Gasteiger partial charge is 0.287 e. The first kappa shape index (κ1) is 20.9. The van der Waals surface area contributed by atoms with Crippen LogP contribution in [0.15, 0.2) is 65.1 Å². The molecule has 29 heavy (non-hydrogen) atoms. The lowest BCUT2D eigenvalue weighted by Crippen LogP contribution is -2.22. The van der Waals surface area contributed by atoms with Gasteiger partial charge in [-0.1, -0.05) is 61.0 Å². The molecule has 1 heterocycles. The molecule has 0 spiro atoms. The van der Waals surface area contributed by atoms with Gasteiger partial charge in [-0.3, -0.25) is 4.79 Å².